The SMILES string of the molecule is O=Nc1c(O)n(CCCOc2ccc(Br)cc2)c2ccc(Br)cc12. The molecule has 2 aromatic carbocycles. The molecule has 0 saturated heterocycles. The Bertz CT molecular complexity index is 876. The van der Waals surface area contributed by atoms with Crippen molar-refractivity contribution in [1.29, 1.82) is 0 Å². The van der Waals surface area contributed by atoms with Crippen molar-refractivity contribution in [2.75, 3.05) is 6.61 Å². The first kappa shape index (κ1) is 17.0. The van der Waals surface area contributed by atoms with Crippen LogP contribution >= 0.6 is 31.9 Å². The molecule has 0 atom stereocenters. The molecule has 0 spiro atoms. The zero-order chi connectivity index (χ0) is 17.1. The molecule has 0 aliphatic carbocycles. The number of benzene rings is 2. The zero-order valence-electron chi connectivity index (χ0n) is 12.6. The first-order valence-corrected chi connectivity index (χ1v) is 8.91. The van der Waals surface area contributed by atoms with E-state index in [4.69, 9.17) is 4.74 Å². The normalized spacial score (nSPS) is 10.9. The van der Waals surface area contributed by atoms with Gasteiger partial charge in [-0.15, -0.1) is 4.91 Å². The summed E-state index contributed by atoms with van der Waals surface area (Å²) in [5.74, 6) is 0.681. The number of hydrogen-bond donors (Lipinski definition) is 1. The summed E-state index contributed by atoms with van der Waals surface area (Å²) in [7, 11) is 0. The number of rotatable bonds is 6. The number of nitroso groups, excluding NO2 is 1. The molecule has 0 unspecified atom stereocenters. The molecule has 124 valence electrons. The number of ether oxygens (including phenoxy) is 1. The average molecular weight is 454 g/mol. The highest BCUT2D eigenvalue weighted by Crippen LogP contribution is 2.39. The molecule has 0 bridgehead atoms. The molecule has 0 saturated carbocycles. The Morgan fingerprint density at radius 3 is 2.50 bits per heavy atom. The lowest BCUT2D eigenvalue weighted by Crippen LogP contribution is -2.04. The van der Waals surface area contributed by atoms with Gasteiger partial charge < -0.3 is 14.4 Å². The van der Waals surface area contributed by atoms with E-state index in [0.29, 0.717) is 25.0 Å². The predicted molar refractivity (Wildman–Crippen MR) is 101 cm³/mol. The van der Waals surface area contributed by atoms with Gasteiger partial charge in [-0.1, -0.05) is 31.9 Å². The van der Waals surface area contributed by atoms with Gasteiger partial charge in [-0.05, 0) is 54.1 Å². The number of aromatic nitrogens is 1. The third-order valence-electron chi connectivity index (χ3n) is 3.67. The minimum absolute atomic E-state index is 0.0696. The Hall–Kier alpha value is -1.86. The summed E-state index contributed by atoms with van der Waals surface area (Å²) in [5.41, 5.74) is 0.842. The van der Waals surface area contributed by atoms with Gasteiger partial charge in [-0.25, -0.2) is 0 Å². The summed E-state index contributed by atoms with van der Waals surface area (Å²) in [6, 6.07) is 13.1. The topological polar surface area (TPSA) is 63.8 Å². The summed E-state index contributed by atoms with van der Waals surface area (Å²) >= 11 is 6.74. The number of aryl methyl sites for hydroxylation is 1. The van der Waals surface area contributed by atoms with Crippen LogP contribution in [0.15, 0.2) is 56.6 Å². The fourth-order valence-corrected chi connectivity index (χ4v) is 3.18. The Balaban J connectivity index is 1.72. The molecule has 24 heavy (non-hydrogen) atoms. The minimum atomic E-state index is -0.109. The second kappa shape index (κ2) is 7.36. The van der Waals surface area contributed by atoms with Gasteiger partial charge in [0, 0.05) is 20.9 Å². The Labute approximate surface area is 155 Å². The molecular weight excluding hydrogens is 440 g/mol. The minimum Gasteiger partial charge on any atom is -0.494 e. The average Bonchev–Trinajstić information content (AvgIpc) is 2.83. The molecule has 1 aromatic heterocycles. The maximum Gasteiger partial charge on any atom is 0.222 e. The number of fused-ring (bicyclic) bond motifs is 1. The van der Waals surface area contributed by atoms with E-state index in [2.05, 4.69) is 37.0 Å². The van der Waals surface area contributed by atoms with E-state index in [1.165, 1.54) is 0 Å². The van der Waals surface area contributed by atoms with Crippen LogP contribution in [-0.2, 0) is 6.54 Å². The summed E-state index contributed by atoms with van der Waals surface area (Å²) in [6.45, 7) is 1.02. The van der Waals surface area contributed by atoms with E-state index in [1.54, 1.807) is 10.6 Å². The fraction of sp³-hybridized carbons (Fsp3) is 0.176. The van der Waals surface area contributed by atoms with Crippen LogP contribution in [0.2, 0.25) is 0 Å². The Morgan fingerprint density at radius 1 is 1.08 bits per heavy atom. The van der Waals surface area contributed by atoms with Gasteiger partial charge in [0.05, 0.1) is 12.1 Å². The van der Waals surface area contributed by atoms with Crippen LogP contribution in [0.1, 0.15) is 6.42 Å². The van der Waals surface area contributed by atoms with Crippen LogP contribution in [0.3, 0.4) is 0 Å². The molecule has 0 aliphatic rings. The van der Waals surface area contributed by atoms with Crippen molar-refractivity contribution in [3.63, 3.8) is 0 Å². The lowest BCUT2D eigenvalue weighted by molar-refractivity contribution is 0.298. The maximum absolute atomic E-state index is 11.0. The highest BCUT2D eigenvalue weighted by Gasteiger charge is 2.17. The monoisotopic (exact) mass is 452 g/mol. The van der Waals surface area contributed by atoms with Crippen molar-refractivity contribution in [2.24, 2.45) is 5.18 Å². The first-order chi connectivity index (χ1) is 11.6. The molecule has 7 heteroatoms. The van der Waals surface area contributed by atoms with Crippen LogP contribution in [0.25, 0.3) is 10.9 Å². The van der Waals surface area contributed by atoms with Gasteiger partial charge in [0.2, 0.25) is 5.88 Å². The van der Waals surface area contributed by atoms with Gasteiger partial charge in [-0.2, -0.15) is 0 Å². The summed E-state index contributed by atoms with van der Waals surface area (Å²) in [4.78, 5) is 11.0. The van der Waals surface area contributed by atoms with Gasteiger partial charge in [0.15, 0.2) is 5.69 Å². The van der Waals surface area contributed by atoms with Crippen molar-refractivity contribution < 1.29 is 9.84 Å². The summed E-state index contributed by atoms with van der Waals surface area (Å²) in [6.07, 6.45) is 0.682. The second-order valence-corrected chi connectivity index (χ2v) is 7.06. The molecule has 5 nitrogen and oxygen atoms in total. The number of halogens is 2. The molecule has 0 fully saturated rings. The van der Waals surface area contributed by atoms with Crippen LogP contribution in [0.5, 0.6) is 11.6 Å². The molecular formula is C17H14Br2N2O3. The van der Waals surface area contributed by atoms with Gasteiger partial charge in [0.25, 0.3) is 0 Å². The summed E-state index contributed by atoms with van der Waals surface area (Å²) in [5, 5.41) is 13.9. The van der Waals surface area contributed by atoms with E-state index in [-0.39, 0.29) is 11.6 Å². The van der Waals surface area contributed by atoms with Crippen LogP contribution in [-0.4, -0.2) is 16.3 Å². The van der Waals surface area contributed by atoms with Crippen molar-refractivity contribution >= 4 is 48.5 Å². The largest absolute Gasteiger partial charge is 0.494 e. The molecule has 3 rings (SSSR count). The highest BCUT2D eigenvalue weighted by molar-refractivity contribution is 9.10. The maximum atomic E-state index is 11.0. The summed E-state index contributed by atoms with van der Waals surface area (Å²) < 4.78 is 9.19. The molecule has 0 aliphatic heterocycles. The van der Waals surface area contributed by atoms with Crippen molar-refractivity contribution in [1.82, 2.24) is 4.57 Å². The smallest absolute Gasteiger partial charge is 0.222 e. The van der Waals surface area contributed by atoms with Crippen molar-refractivity contribution in [3.8, 4) is 11.6 Å². The molecule has 3 aromatic rings. The third kappa shape index (κ3) is 3.47. The van der Waals surface area contributed by atoms with Gasteiger partial charge in [-0.3, -0.25) is 0 Å². The molecule has 0 amide bonds. The molecule has 0 radical (unpaired) electrons. The fourth-order valence-electron chi connectivity index (χ4n) is 2.56. The Kier molecular flexibility index (Phi) is 5.20. The number of aromatic hydroxyl groups is 1. The van der Waals surface area contributed by atoms with E-state index >= 15 is 0 Å². The van der Waals surface area contributed by atoms with E-state index in [9.17, 15) is 10.0 Å². The second-order valence-electron chi connectivity index (χ2n) is 5.23. The molecule has 1 N–H and O–H groups in total. The van der Waals surface area contributed by atoms with Crippen molar-refractivity contribution in [3.05, 3.63) is 56.3 Å². The standard InChI is InChI=1S/C17H14Br2N2O3/c18-11-2-5-13(6-3-11)24-9-1-8-21-15-7-4-12(19)10-14(15)16(20-23)17(21)22/h2-7,10,22H,1,8-9H2. The lowest BCUT2D eigenvalue weighted by atomic mass is 10.2. The van der Waals surface area contributed by atoms with E-state index < -0.39 is 0 Å². The first-order valence-electron chi connectivity index (χ1n) is 7.32. The van der Waals surface area contributed by atoms with Crippen LogP contribution in [0, 0.1) is 4.91 Å². The highest BCUT2D eigenvalue weighted by atomic mass is 79.9. The molecule has 1 heterocycles. The zero-order valence-corrected chi connectivity index (χ0v) is 15.7. The van der Waals surface area contributed by atoms with Gasteiger partial charge >= 0.3 is 0 Å². The third-order valence-corrected chi connectivity index (χ3v) is 4.69. The van der Waals surface area contributed by atoms with Crippen LogP contribution in [0.4, 0.5) is 5.69 Å². The number of nitrogens with zero attached hydrogens (tertiary/aromatic N) is 2. The van der Waals surface area contributed by atoms with Crippen LogP contribution < -0.4 is 4.74 Å². The lowest BCUT2D eigenvalue weighted by Gasteiger charge is -2.09. The Morgan fingerprint density at radius 2 is 1.79 bits per heavy atom. The quantitative estimate of drug-likeness (QED) is 0.382. The van der Waals surface area contributed by atoms with Crippen molar-refractivity contribution in [2.45, 2.75) is 13.0 Å². The van der Waals surface area contributed by atoms with E-state index in [0.717, 1.165) is 20.2 Å². The van der Waals surface area contributed by atoms with E-state index in [1.807, 2.05) is 36.4 Å². The number of hydrogen-bond acceptors (Lipinski definition) is 4. The predicted octanol–water partition coefficient (Wildman–Crippen LogP) is 5.74. The van der Waals surface area contributed by atoms with Gasteiger partial charge in [0.1, 0.15) is 5.75 Å².